The van der Waals surface area contributed by atoms with Crippen molar-refractivity contribution in [3.63, 3.8) is 0 Å². The van der Waals surface area contributed by atoms with Gasteiger partial charge in [0.2, 0.25) is 8.25 Å². The highest BCUT2D eigenvalue weighted by atomic mass is 35.6. The summed E-state index contributed by atoms with van der Waals surface area (Å²) in [6.45, 7) is 0. The zero-order valence-corrected chi connectivity index (χ0v) is 10.5. The van der Waals surface area contributed by atoms with Crippen LogP contribution in [-0.4, -0.2) is 38.0 Å². The van der Waals surface area contributed by atoms with E-state index in [1.54, 1.807) is 0 Å². The lowest BCUT2D eigenvalue weighted by Gasteiger charge is -2.36. The van der Waals surface area contributed by atoms with Gasteiger partial charge in [0, 0.05) is 7.05 Å². The number of hydrogen-bond acceptors (Lipinski definition) is 3. The third-order valence-electron chi connectivity index (χ3n) is 1.56. The van der Waals surface area contributed by atoms with Crippen LogP contribution in [0.2, 0.25) is 0 Å². The second-order valence-corrected chi connectivity index (χ2v) is 6.13. The maximum atomic E-state index is 13.4. The van der Waals surface area contributed by atoms with Crippen molar-refractivity contribution >= 4 is 64.3 Å². The number of hydrazone groups is 1. The Morgan fingerprint density at radius 3 is 2.07 bits per heavy atom. The molecule has 1 heterocycles. The van der Waals surface area contributed by atoms with E-state index in [9.17, 15) is 4.39 Å². The number of nitrogens with zero attached hydrogens (tertiary/aromatic N) is 3. The number of rotatable bonds is 1. The summed E-state index contributed by atoms with van der Waals surface area (Å²) in [4.78, 5) is 0.795. The topological polar surface area (TPSA) is 18.8 Å². The maximum Gasteiger partial charge on any atom is 0.267 e. The summed E-state index contributed by atoms with van der Waals surface area (Å²) in [6.07, 6.45) is -0.604. The first-order valence-electron chi connectivity index (χ1n) is 3.32. The van der Waals surface area contributed by atoms with Crippen LogP contribution in [0.5, 0.6) is 0 Å². The van der Waals surface area contributed by atoms with Crippen molar-refractivity contribution in [1.29, 1.82) is 0 Å². The molecule has 0 aromatic heterocycles. The highest BCUT2D eigenvalue weighted by Gasteiger charge is 2.54. The van der Waals surface area contributed by atoms with Gasteiger partial charge in [0.05, 0.1) is 0 Å². The van der Waals surface area contributed by atoms with Crippen LogP contribution in [0.3, 0.4) is 0 Å². The minimum atomic E-state index is -2.06. The molecule has 0 radical (unpaired) electrons. The van der Waals surface area contributed by atoms with Crippen molar-refractivity contribution in [2.45, 2.75) is 14.7 Å². The van der Waals surface area contributed by atoms with Gasteiger partial charge in [-0.25, -0.2) is 5.01 Å². The molecule has 0 amide bonds. The van der Waals surface area contributed by atoms with Crippen molar-refractivity contribution in [1.82, 2.24) is 9.91 Å². The van der Waals surface area contributed by atoms with Crippen LogP contribution in [0.15, 0.2) is 5.10 Å². The first-order chi connectivity index (χ1) is 6.18. The van der Waals surface area contributed by atoms with Gasteiger partial charge in [0.25, 0.3) is 6.42 Å². The predicted molar refractivity (Wildman–Crippen MR) is 57.7 cm³/mol. The Hall–Kier alpha value is 0.650. The molecule has 0 saturated carbocycles. The molecule has 3 nitrogen and oxygen atoms in total. The van der Waals surface area contributed by atoms with Gasteiger partial charge in [-0.3, -0.25) is 4.90 Å². The molecular weight excluding hydrogens is 298 g/mol. The second-order valence-electron chi connectivity index (χ2n) is 2.56. The van der Waals surface area contributed by atoms with Crippen molar-refractivity contribution in [3.05, 3.63) is 0 Å². The summed E-state index contributed by atoms with van der Waals surface area (Å²) >= 11 is 27.9. The lowest BCUT2D eigenvalue weighted by molar-refractivity contribution is 0.0201. The highest BCUT2D eigenvalue weighted by Crippen LogP contribution is 2.49. The van der Waals surface area contributed by atoms with E-state index in [-0.39, 0.29) is 0 Å². The molecule has 0 aromatic carbocycles. The second kappa shape index (κ2) is 3.91. The monoisotopic (exact) mass is 301 g/mol. The molecule has 1 unspecified atom stereocenters. The van der Waals surface area contributed by atoms with E-state index in [0.717, 1.165) is 16.2 Å². The van der Waals surface area contributed by atoms with Gasteiger partial charge in [-0.05, 0) is 0 Å². The van der Waals surface area contributed by atoms with Gasteiger partial charge in [-0.1, -0.05) is 58.0 Å². The van der Waals surface area contributed by atoms with E-state index in [1.807, 2.05) is 0 Å². The summed E-state index contributed by atoms with van der Waals surface area (Å²) in [6, 6.07) is 0. The van der Waals surface area contributed by atoms with Gasteiger partial charge in [-0.15, -0.1) is 0 Å². The first kappa shape index (κ1) is 12.7. The van der Waals surface area contributed by atoms with Crippen molar-refractivity contribution in [2.24, 2.45) is 5.10 Å². The van der Waals surface area contributed by atoms with Crippen LogP contribution in [0.1, 0.15) is 0 Å². The van der Waals surface area contributed by atoms with E-state index < -0.39 is 14.7 Å². The Bertz CT molecular complexity index is 252. The average Bonchev–Trinajstić information content (AvgIpc) is 2.30. The molecule has 0 N–H and O–H groups in total. The Labute approximate surface area is 105 Å². The number of alkyl halides is 6. The molecule has 1 rings (SSSR count). The molecule has 0 saturated heterocycles. The van der Waals surface area contributed by atoms with Gasteiger partial charge in [0.1, 0.15) is 6.34 Å². The molecule has 0 aliphatic carbocycles. The number of hydrogen-bond donors (Lipinski definition) is 0. The van der Waals surface area contributed by atoms with E-state index in [0.29, 0.717) is 0 Å². The van der Waals surface area contributed by atoms with E-state index >= 15 is 0 Å². The predicted octanol–water partition coefficient (Wildman–Crippen LogP) is 2.93. The SMILES string of the molecule is CN1N=CN(C(Cl)(Cl)C(Cl)(Cl)Cl)C1F. The van der Waals surface area contributed by atoms with Crippen LogP contribution in [0, 0.1) is 0 Å². The van der Waals surface area contributed by atoms with Crippen LogP contribution in [-0.2, 0) is 0 Å². The molecule has 9 heteroatoms. The first-order valence-corrected chi connectivity index (χ1v) is 5.21. The van der Waals surface area contributed by atoms with Gasteiger partial charge < -0.3 is 0 Å². The zero-order valence-electron chi connectivity index (χ0n) is 6.76. The smallest absolute Gasteiger partial charge is 0.267 e. The quantitative estimate of drug-likeness (QED) is 0.548. The molecule has 82 valence electrons. The molecule has 1 aliphatic heterocycles. The Morgan fingerprint density at radius 2 is 1.79 bits per heavy atom. The van der Waals surface area contributed by atoms with Crippen LogP contribution >= 0.6 is 58.0 Å². The molecule has 1 aliphatic rings. The third kappa shape index (κ3) is 2.09. The summed E-state index contributed by atoms with van der Waals surface area (Å²) in [7, 11) is 1.39. The van der Waals surface area contributed by atoms with Crippen molar-refractivity contribution in [2.75, 3.05) is 7.05 Å². The Balaban J connectivity index is 2.90. The maximum absolute atomic E-state index is 13.4. The third-order valence-corrected chi connectivity index (χ3v) is 3.92. The fourth-order valence-electron chi connectivity index (χ4n) is 0.780. The fourth-order valence-corrected chi connectivity index (χ4v) is 1.32. The van der Waals surface area contributed by atoms with Crippen LogP contribution < -0.4 is 0 Å². The van der Waals surface area contributed by atoms with Gasteiger partial charge in [-0.2, -0.15) is 9.49 Å². The average molecular weight is 303 g/mol. The van der Waals surface area contributed by atoms with Crippen LogP contribution in [0.25, 0.3) is 0 Å². The lowest BCUT2D eigenvalue weighted by atomic mass is 10.6. The zero-order chi connectivity index (χ0) is 11.1. The molecule has 0 bridgehead atoms. The standard InChI is InChI=1S/C5H5Cl5FN3/c1-13-3(11)14(2-12-13)5(9,10)4(6,7)8/h2-3H,1H3. The highest BCUT2D eigenvalue weighted by molar-refractivity contribution is 6.75. The molecule has 0 aromatic rings. The lowest BCUT2D eigenvalue weighted by Crippen LogP contribution is -2.52. The van der Waals surface area contributed by atoms with Crippen molar-refractivity contribution < 1.29 is 4.39 Å². The molecule has 1 atom stereocenters. The summed E-state index contributed by atoms with van der Waals surface area (Å²) in [5.74, 6) is 0. The Morgan fingerprint density at radius 1 is 1.29 bits per heavy atom. The Kier molecular flexibility index (Phi) is 3.55. The molecule has 0 fully saturated rings. The van der Waals surface area contributed by atoms with Crippen molar-refractivity contribution in [3.8, 4) is 0 Å². The van der Waals surface area contributed by atoms with E-state index in [1.165, 1.54) is 7.05 Å². The number of halogens is 6. The minimum absolute atomic E-state index is 0.795. The molecular formula is C5H5Cl5FN3. The normalized spacial score (nSPS) is 23.5. The van der Waals surface area contributed by atoms with Gasteiger partial charge >= 0.3 is 0 Å². The van der Waals surface area contributed by atoms with Crippen LogP contribution in [0.4, 0.5) is 4.39 Å². The largest absolute Gasteiger partial charge is 0.277 e. The minimum Gasteiger partial charge on any atom is -0.277 e. The summed E-state index contributed by atoms with van der Waals surface area (Å²) in [5, 5.41) is 4.57. The summed E-state index contributed by atoms with van der Waals surface area (Å²) < 4.78 is 9.31. The van der Waals surface area contributed by atoms with E-state index in [2.05, 4.69) is 5.10 Å². The van der Waals surface area contributed by atoms with E-state index in [4.69, 9.17) is 58.0 Å². The summed E-state index contributed by atoms with van der Waals surface area (Å²) in [5.41, 5.74) is 0. The molecule has 0 spiro atoms. The molecule has 14 heavy (non-hydrogen) atoms. The fraction of sp³-hybridized carbons (Fsp3) is 0.800. The van der Waals surface area contributed by atoms with Gasteiger partial charge in [0.15, 0.2) is 0 Å².